The van der Waals surface area contributed by atoms with Crippen molar-refractivity contribution >= 4 is 29.3 Å². The first-order chi connectivity index (χ1) is 15.8. The van der Waals surface area contributed by atoms with Gasteiger partial charge < -0.3 is 9.47 Å². The van der Waals surface area contributed by atoms with Gasteiger partial charge in [0.15, 0.2) is 5.70 Å². The Balaban J connectivity index is 1.61. The Labute approximate surface area is 186 Å². The number of esters is 1. The summed E-state index contributed by atoms with van der Waals surface area (Å²) in [5.41, 5.74) is 1.33. The van der Waals surface area contributed by atoms with Gasteiger partial charge in [0.05, 0.1) is 15.9 Å². The molecule has 0 aliphatic carbocycles. The number of nitro groups is 2. The van der Waals surface area contributed by atoms with Crippen LogP contribution in [0.15, 0.2) is 77.4 Å². The number of carbonyl (C=O) groups excluding carboxylic acids is 1. The molecule has 0 spiro atoms. The van der Waals surface area contributed by atoms with Gasteiger partial charge in [-0.25, -0.2) is 9.79 Å². The maximum absolute atomic E-state index is 12.3. The summed E-state index contributed by atoms with van der Waals surface area (Å²) < 4.78 is 10.9. The molecule has 10 nitrogen and oxygen atoms in total. The topological polar surface area (TPSA) is 134 Å². The van der Waals surface area contributed by atoms with Crippen LogP contribution in [0.5, 0.6) is 11.5 Å². The monoisotopic (exact) mass is 445 g/mol. The van der Waals surface area contributed by atoms with E-state index in [1.165, 1.54) is 6.08 Å². The van der Waals surface area contributed by atoms with Crippen molar-refractivity contribution in [3.63, 3.8) is 0 Å². The second kappa shape index (κ2) is 8.71. The molecule has 0 bridgehead atoms. The molecule has 164 valence electrons. The van der Waals surface area contributed by atoms with Crippen LogP contribution in [0.25, 0.3) is 6.08 Å². The number of aliphatic imine (C=N–C) groups is 1. The number of hydrogen-bond acceptors (Lipinski definition) is 8. The van der Waals surface area contributed by atoms with E-state index in [0.717, 1.165) is 23.8 Å². The molecule has 0 aromatic heterocycles. The number of nitro benzene ring substituents is 2. The SMILES string of the molecule is Cc1cccc(C2=NC(=Cc3cccc(Oc4ccc([N+](=O)[O-])cc4[N+](=O)[O-])c3)C(=O)O2)c1. The standard InChI is InChI=1S/C23H15N3O7/c1-14-4-2-6-16(10-14)22-24-19(23(27)33-22)12-15-5-3-7-18(11-15)32-21-9-8-17(25(28)29)13-20(21)26(30)31/h2-13H,1H3. The average molecular weight is 445 g/mol. The summed E-state index contributed by atoms with van der Waals surface area (Å²) in [7, 11) is 0. The van der Waals surface area contributed by atoms with E-state index in [4.69, 9.17) is 9.47 Å². The molecule has 4 rings (SSSR count). The van der Waals surface area contributed by atoms with Crippen molar-refractivity contribution in [3.8, 4) is 11.5 Å². The van der Waals surface area contributed by atoms with Crippen LogP contribution in [0, 0.1) is 27.2 Å². The molecule has 33 heavy (non-hydrogen) atoms. The van der Waals surface area contributed by atoms with Gasteiger partial charge in [0.1, 0.15) is 5.75 Å². The minimum absolute atomic E-state index is 0.0879. The van der Waals surface area contributed by atoms with Gasteiger partial charge in [-0.05, 0) is 48.9 Å². The maximum Gasteiger partial charge on any atom is 0.363 e. The molecule has 0 saturated carbocycles. The molecule has 3 aromatic rings. The van der Waals surface area contributed by atoms with Gasteiger partial charge in [-0.2, -0.15) is 0 Å². The lowest BCUT2D eigenvalue weighted by atomic mass is 10.1. The van der Waals surface area contributed by atoms with E-state index >= 15 is 0 Å². The fraction of sp³-hybridized carbons (Fsp3) is 0.0435. The average Bonchev–Trinajstić information content (AvgIpc) is 3.14. The predicted molar refractivity (Wildman–Crippen MR) is 118 cm³/mol. The van der Waals surface area contributed by atoms with E-state index in [1.807, 2.05) is 25.1 Å². The largest absolute Gasteiger partial charge is 0.450 e. The minimum Gasteiger partial charge on any atom is -0.450 e. The Hall–Kier alpha value is -4.86. The van der Waals surface area contributed by atoms with Crippen LogP contribution in [0.1, 0.15) is 16.7 Å². The zero-order valence-corrected chi connectivity index (χ0v) is 17.1. The Morgan fingerprint density at radius 2 is 1.76 bits per heavy atom. The first kappa shape index (κ1) is 21.4. The normalized spacial score (nSPS) is 14.0. The lowest BCUT2D eigenvalue weighted by Crippen LogP contribution is -2.05. The highest BCUT2D eigenvalue weighted by Gasteiger charge is 2.24. The quantitative estimate of drug-likeness (QED) is 0.227. The van der Waals surface area contributed by atoms with Crippen LogP contribution in [0.4, 0.5) is 11.4 Å². The number of nitrogens with zero attached hydrogens (tertiary/aromatic N) is 3. The number of ether oxygens (including phenoxy) is 2. The van der Waals surface area contributed by atoms with E-state index in [0.29, 0.717) is 11.1 Å². The highest BCUT2D eigenvalue weighted by Crippen LogP contribution is 2.34. The molecular formula is C23H15N3O7. The fourth-order valence-electron chi connectivity index (χ4n) is 3.11. The van der Waals surface area contributed by atoms with Crippen molar-refractivity contribution in [2.75, 3.05) is 0 Å². The third kappa shape index (κ3) is 4.74. The molecule has 0 saturated heterocycles. The van der Waals surface area contributed by atoms with Crippen molar-refractivity contribution in [2.24, 2.45) is 4.99 Å². The highest BCUT2D eigenvalue weighted by molar-refractivity contribution is 6.12. The molecule has 0 fully saturated rings. The van der Waals surface area contributed by atoms with Crippen LogP contribution in [-0.2, 0) is 9.53 Å². The number of aryl methyl sites for hydroxylation is 1. The number of cyclic esters (lactones) is 1. The number of rotatable bonds is 6. The molecule has 10 heteroatoms. The van der Waals surface area contributed by atoms with Crippen molar-refractivity contribution in [2.45, 2.75) is 6.92 Å². The first-order valence-corrected chi connectivity index (χ1v) is 9.60. The minimum atomic E-state index is -0.760. The van der Waals surface area contributed by atoms with E-state index in [2.05, 4.69) is 4.99 Å². The summed E-state index contributed by atoms with van der Waals surface area (Å²) in [6, 6.07) is 16.9. The van der Waals surface area contributed by atoms with Crippen molar-refractivity contribution in [1.29, 1.82) is 0 Å². The second-order valence-electron chi connectivity index (χ2n) is 7.05. The van der Waals surface area contributed by atoms with Gasteiger partial charge in [-0.15, -0.1) is 0 Å². The van der Waals surface area contributed by atoms with Crippen molar-refractivity contribution in [1.82, 2.24) is 0 Å². The summed E-state index contributed by atoms with van der Waals surface area (Å²) in [6.07, 6.45) is 1.50. The van der Waals surface area contributed by atoms with E-state index in [1.54, 1.807) is 30.3 Å². The van der Waals surface area contributed by atoms with Gasteiger partial charge in [0.2, 0.25) is 11.6 Å². The molecule has 1 heterocycles. The van der Waals surface area contributed by atoms with Crippen molar-refractivity contribution < 1.29 is 24.1 Å². The predicted octanol–water partition coefficient (Wildman–Crippen LogP) is 4.95. The van der Waals surface area contributed by atoms with Gasteiger partial charge in [0.25, 0.3) is 5.69 Å². The fourth-order valence-corrected chi connectivity index (χ4v) is 3.11. The summed E-state index contributed by atoms with van der Waals surface area (Å²) in [6.45, 7) is 1.92. The number of carbonyl (C=O) groups is 1. The molecule has 0 radical (unpaired) electrons. The van der Waals surface area contributed by atoms with Crippen molar-refractivity contribution in [3.05, 3.63) is 109 Å². The Morgan fingerprint density at radius 3 is 2.48 bits per heavy atom. The van der Waals surface area contributed by atoms with Crippen LogP contribution in [-0.4, -0.2) is 21.7 Å². The third-order valence-electron chi connectivity index (χ3n) is 4.62. The molecule has 0 amide bonds. The first-order valence-electron chi connectivity index (χ1n) is 9.60. The van der Waals surface area contributed by atoms with Gasteiger partial charge in [-0.3, -0.25) is 20.2 Å². The Morgan fingerprint density at radius 1 is 0.970 bits per heavy atom. The lowest BCUT2D eigenvalue weighted by Gasteiger charge is -2.07. The van der Waals surface area contributed by atoms with Gasteiger partial charge in [-0.1, -0.05) is 29.8 Å². The van der Waals surface area contributed by atoms with Crippen LogP contribution >= 0.6 is 0 Å². The van der Waals surface area contributed by atoms with Crippen LogP contribution < -0.4 is 4.74 Å². The molecular weight excluding hydrogens is 430 g/mol. The number of benzene rings is 3. The zero-order chi connectivity index (χ0) is 23.5. The van der Waals surface area contributed by atoms with E-state index in [9.17, 15) is 25.0 Å². The summed E-state index contributed by atoms with van der Waals surface area (Å²) >= 11 is 0. The summed E-state index contributed by atoms with van der Waals surface area (Å²) in [4.78, 5) is 37.3. The molecule has 1 aliphatic rings. The lowest BCUT2D eigenvalue weighted by molar-refractivity contribution is -0.394. The molecule has 3 aromatic carbocycles. The Kier molecular flexibility index (Phi) is 5.64. The highest BCUT2D eigenvalue weighted by atomic mass is 16.6. The zero-order valence-electron chi connectivity index (χ0n) is 17.1. The molecule has 0 unspecified atom stereocenters. The number of non-ortho nitro benzene ring substituents is 1. The van der Waals surface area contributed by atoms with E-state index < -0.39 is 27.2 Å². The van der Waals surface area contributed by atoms with Crippen LogP contribution in [0.2, 0.25) is 0 Å². The molecule has 0 atom stereocenters. The molecule has 0 N–H and O–H groups in total. The van der Waals surface area contributed by atoms with Gasteiger partial charge >= 0.3 is 11.7 Å². The Bertz CT molecular complexity index is 1360. The number of hydrogen-bond donors (Lipinski definition) is 0. The summed E-state index contributed by atoms with van der Waals surface area (Å²) in [5, 5.41) is 22.2. The van der Waals surface area contributed by atoms with Gasteiger partial charge in [0, 0.05) is 11.6 Å². The maximum atomic E-state index is 12.3. The second-order valence-corrected chi connectivity index (χ2v) is 7.05. The summed E-state index contributed by atoms with van der Waals surface area (Å²) in [5.74, 6) is -0.335. The molecule has 1 aliphatic heterocycles. The smallest absolute Gasteiger partial charge is 0.363 e. The van der Waals surface area contributed by atoms with E-state index in [-0.39, 0.29) is 23.1 Å². The third-order valence-corrected chi connectivity index (χ3v) is 4.62. The van der Waals surface area contributed by atoms with Crippen LogP contribution in [0.3, 0.4) is 0 Å².